The summed E-state index contributed by atoms with van der Waals surface area (Å²) in [5, 5.41) is 15.8. The number of morpholine rings is 1. The molecule has 1 amide bonds. The Morgan fingerprint density at radius 1 is 1.44 bits per heavy atom. The summed E-state index contributed by atoms with van der Waals surface area (Å²) >= 11 is 0. The molecule has 0 aliphatic carbocycles. The van der Waals surface area contributed by atoms with Crippen LogP contribution in [0, 0.1) is 5.82 Å². The molecule has 0 bridgehead atoms. The second kappa shape index (κ2) is 8.12. The third-order valence-electron chi connectivity index (χ3n) is 4.84. The fourth-order valence-corrected chi connectivity index (χ4v) is 3.38. The van der Waals surface area contributed by atoms with Crippen LogP contribution in [0.2, 0.25) is 0 Å². The van der Waals surface area contributed by atoms with Crippen molar-refractivity contribution in [1.29, 1.82) is 0 Å². The molecule has 6 nitrogen and oxygen atoms in total. The summed E-state index contributed by atoms with van der Waals surface area (Å²) in [6, 6.07) is 4.33. The Hall–Kier alpha value is -1.70. The fourth-order valence-electron chi connectivity index (χ4n) is 3.38. The Kier molecular flexibility index (Phi) is 5.88. The number of carbonyl (C=O) groups excluding carboxylic acids is 1. The number of piperidine rings is 1. The maximum Gasteiger partial charge on any atom is 0.250 e. The molecule has 7 heteroatoms. The van der Waals surface area contributed by atoms with E-state index < -0.39 is 6.10 Å². The molecule has 3 N–H and O–H groups in total. The van der Waals surface area contributed by atoms with E-state index >= 15 is 0 Å². The van der Waals surface area contributed by atoms with Gasteiger partial charge < -0.3 is 25.4 Å². The number of anilines is 1. The first kappa shape index (κ1) is 18.1. The van der Waals surface area contributed by atoms with Crippen LogP contribution in [0.4, 0.5) is 10.1 Å². The van der Waals surface area contributed by atoms with Crippen molar-refractivity contribution >= 4 is 11.6 Å². The molecule has 1 aromatic carbocycles. The molecular weight excluding hydrogens is 325 g/mol. The lowest BCUT2D eigenvalue weighted by atomic mass is 10.0. The number of hydrogen-bond donors (Lipinski definition) is 3. The lowest BCUT2D eigenvalue weighted by molar-refractivity contribution is -0.134. The summed E-state index contributed by atoms with van der Waals surface area (Å²) in [4.78, 5) is 14.5. The third kappa shape index (κ3) is 4.48. The van der Waals surface area contributed by atoms with Crippen molar-refractivity contribution in [2.24, 2.45) is 0 Å². The molecule has 0 saturated carbocycles. The lowest BCUT2D eigenvalue weighted by Gasteiger charge is -2.34. The van der Waals surface area contributed by atoms with Gasteiger partial charge in [-0.1, -0.05) is 0 Å². The highest BCUT2D eigenvalue weighted by Crippen LogP contribution is 2.29. The molecule has 0 aromatic heterocycles. The first-order valence-electron chi connectivity index (χ1n) is 8.90. The van der Waals surface area contributed by atoms with Crippen LogP contribution in [0.15, 0.2) is 18.2 Å². The second-order valence-electron chi connectivity index (χ2n) is 6.72. The molecule has 0 spiro atoms. The average molecular weight is 351 g/mol. The maximum atomic E-state index is 13.8. The Morgan fingerprint density at radius 3 is 2.88 bits per heavy atom. The van der Waals surface area contributed by atoms with Gasteiger partial charge in [-0.25, -0.2) is 4.39 Å². The van der Waals surface area contributed by atoms with Crippen LogP contribution in [0.5, 0.6) is 0 Å². The molecular formula is C18H26FN3O3. The first-order chi connectivity index (χ1) is 12.0. The van der Waals surface area contributed by atoms with Crippen LogP contribution in [-0.4, -0.2) is 56.0 Å². The van der Waals surface area contributed by atoms with Crippen LogP contribution < -0.4 is 15.5 Å². The predicted octanol–water partition coefficient (Wildman–Crippen LogP) is 0.952. The minimum absolute atomic E-state index is 0.191. The average Bonchev–Trinajstić information content (AvgIpc) is 2.63. The number of aliphatic hydroxyl groups excluding tert-OH is 1. The highest BCUT2D eigenvalue weighted by Gasteiger charge is 2.26. The molecule has 1 aromatic rings. The topological polar surface area (TPSA) is 73.8 Å². The molecule has 0 unspecified atom stereocenters. The zero-order valence-corrected chi connectivity index (χ0v) is 14.5. The van der Waals surface area contributed by atoms with Gasteiger partial charge in [-0.3, -0.25) is 4.79 Å². The molecule has 2 aliphatic heterocycles. The zero-order valence-electron chi connectivity index (χ0n) is 14.5. The fraction of sp³-hybridized carbons (Fsp3) is 0.611. The maximum absolute atomic E-state index is 13.8. The number of amides is 1. The number of nitrogens with zero attached hydrogens (tertiary/aromatic N) is 1. The van der Waals surface area contributed by atoms with Gasteiger partial charge in [0.1, 0.15) is 11.9 Å². The van der Waals surface area contributed by atoms with Gasteiger partial charge in [-0.05, 0) is 38.0 Å². The van der Waals surface area contributed by atoms with Crippen molar-refractivity contribution in [3.8, 4) is 0 Å². The van der Waals surface area contributed by atoms with Crippen LogP contribution >= 0.6 is 0 Å². The molecule has 25 heavy (non-hydrogen) atoms. The Labute approximate surface area is 147 Å². The van der Waals surface area contributed by atoms with Crippen molar-refractivity contribution in [3.05, 3.63) is 29.6 Å². The minimum atomic E-state index is -0.515. The molecule has 2 atom stereocenters. The van der Waals surface area contributed by atoms with E-state index in [0.29, 0.717) is 26.0 Å². The van der Waals surface area contributed by atoms with Gasteiger partial charge in [0.25, 0.3) is 5.91 Å². The smallest absolute Gasteiger partial charge is 0.250 e. The number of benzene rings is 1. The molecule has 2 aliphatic rings. The van der Waals surface area contributed by atoms with Gasteiger partial charge in [-0.15, -0.1) is 0 Å². The highest BCUT2D eigenvalue weighted by molar-refractivity contribution is 5.81. The van der Waals surface area contributed by atoms with Crippen LogP contribution in [-0.2, 0) is 9.53 Å². The number of nitrogens with one attached hydrogen (secondary N) is 2. The van der Waals surface area contributed by atoms with Gasteiger partial charge in [-0.2, -0.15) is 0 Å². The van der Waals surface area contributed by atoms with Gasteiger partial charge >= 0.3 is 0 Å². The summed E-state index contributed by atoms with van der Waals surface area (Å²) in [5.41, 5.74) is 1.65. The number of carbonyl (C=O) groups is 1. The van der Waals surface area contributed by atoms with E-state index in [-0.39, 0.29) is 23.9 Å². The van der Waals surface area contributed by atoms with Gasteiger partial charge in [0.2, 0.25) is 0 Å². The number of hydrogen-bond acceptors (Lipinski definition) is 5. The van der Waals surface area contributed by atoms with E-state index in [2.05, 4.69) is 15.5 Å². The normalized spacial score (nSPS) is 23.3. The monoisotopic (exact) mass is 351 g/mol. The molecule has 2 saturated heterocycles. The molecule has 138 valence electrons. The van der Waals surface area contributed by atoms with Crippen LogP contribution in [0.1, 0.15) is 31.4 Å². The molecule has 3 rings (SSSR count). The van der Waals surface area contributed by atoms with E-state index in [1.807, 2.05) is 6.92 Å². The van der Waals surface area contributed by atoms with Crippen molar-refractivity contribution in [1.82, 2.24) is 10.6 Å². The SMILES string of the molecule is C[C@H](NC(=O)[C@H]1CNCCO1)c1cc(F)ccc1N1CCC(O)CC1. The predicted molar refractivity (Wildman–Crippen MR) is 93.0 cm³/mol. The summed E-state index contributed by atoms with van der Waals surface area (Å²) in [5.74, 6) is -0.517. The quantitative estimate of drug-likeness (QED) is 0.753. The first-order valence-corrected chi connectivity index (χ1v) is 8.90. The molecule has 0 radical (unpaired) electrons. The summed E-state index contributed by atoms with van der Waals surface area (Å²) < 4.78 is 19.3. The molecule has 2 heterocycles. The Balaban J connectivity index is 1.73. The van der Waals surface area contributed by atoms with Crippen molar-refractivity contribution in [3.63, 3.8) is 0 Å². The van der Waals surface area contributed by atoms with Gasteiger partial charge in [0.05, 0.1) is 18.8 Å². The van der Waals surface area contributed by atoms with Crippen molar-refractivity contribution in [2.45, 2.75) is 38.0 Å². The van der Waals surface area contributed by atoms with Crippen LogP contribution in [0.25, 0.3) is 0 Å². The van der Waals surface area contributed by atoms with E-state index in [4.69, 9.17) is 4.74 Å². The standard InChI is InChI=1S/C18H26FN3O3/c1-12(21-18(24)17-11-20-6-9-25-17)15-10-13(19)2-3-16(15)22-7-4-14(23)5-8-22/h2-3,10,12,14,17,20,23H,4-9,11H2,1H3,(H,21,24)/t12-,17+/m0/s1. The highest BCUT2D eigenvalue weighted by atomic mass is 19.1. The number of rotatable bonds is 4. The van der Waals surface area contributed by atoms with Gasteiger partial charge in [0, 0.05) is 37.4 Å². The number of halogens is 1. The summed E-state index contributed by atoms with van der Waals surface area (Å²) in [6.45, 7) is 5.03. The lowest BCUT2D eigenvalue weighted by Crippen LogP contribution is -2.48. The van der Waals surface area contributed by atoms with E-state index in [0.717, 1.165) is 30.9 Å². The van der Waals surface area contributed by atoms with Crippen molar-refractivity contribution in [2.75, 3.05) is 37.7 Å². The largest absolute Gasteiger partial charge is 0.393 e. The van der Waals surface area contributed by atoms with Gasteiger partial charge in [0.15, 0.2) is 0 Å². The van der Waals surface area contributed by atoms with E-state index in [1.54, 1.807) is 6.07 Å². The van der Waals surface area contributed by atoms with E-state index in [9.17, 15) is 14.3 Å². The van der Waals surface area contributed by atoms with Crippen LogP contribution in [0.3, 0.4) is 0 Å². The number of aliphatic hydroxyl groups is 1. The molecule has 2 fully saturated rings. The third-order valence-corrected chi connectivity index (χ3v) is 4.84. The summed E-state index contributed by atoms with van der Waals surface area (Å²) in [6.07, 6.45) is 0.602. The number of ether oxygens (including phenoxy) is 1. The minimum Gasteiger partial charge on any atom is -0.393 e. The zero-order chi connectivity index (χ0) is 17.8. The second-order valence-corrected chi connectivity index (χ2v) is 6.72. The van der Waals surface area contributed by atoms with Crippen molar-refractivity contribution < 1.29 is 19.0 Å². The van der Waals surface area contributed by atoms with E-state index in [1.165, 1.54) is 12.1 Å². The Bertz CT molecular complexity index is 599. The summed E-state index contributed by atoms with van der Waals surface area (Å²) in [7, 11) is 0. The Morgan fingerprint density at radius 2 is 2.20 bits per heavy atom.